The molecule has 6 atom stereocenters. The Morgan fingerprint density at radius 1 is 1.07 bits per heavy atom. The Morgan fingerprint density at radius 3 is 2.52 bits per heavy atom. The number of methoxy groups -OCH3 is 1. The molecule has 4 N–H and O–H groups in total. The van der Waals surface area contributed by atoms with Gasteiger partial charge < -0.3 is 34.3 Å². The molecule has 5 heterocycles. The summed E-state index contributed by atoms with van der Waals surface area (Å²) in [5, 5.41) is 19.9. The second-order valence-corrected chi connectivity index (χ2v) is 19.9. The second-order valence-electron chi connectivity index (χ2n) is 19.9. The summed E-state index contributed by atoms with van der Waals surface area (Å²) in [5.41, 5.74) is 10.0. The molecule has 16 heteroatoms. The van der Waals surface area contributed by atoms with E-state index in [-0.39, 0.29) is 61.9 Å². The highest BCUT2D eigenvalue weighted by atomic mass is 16.5. The van der Waals surface area contributed by atoms with Crippen LogP contribution < -0.4 is 16.1 Å². The van der Waals surface area contributed by atoms with Gasteiger partial charge in [-0.1, -0.05) is 46.8 Å². The minimum absolute atomic E-state index is 0.00858. The topological polar surface area (TPSA) is 197 Å². The van der Waals surface area contributed by atoms with Crippen molar-refractivity contribution in [2.24, 2.45) is 16.3 Å². The summed E-state index contributed by atoms with van der Waals surface area (Å²) in [4.78, 5) is 77.4. The van der Waals surface area contributed by atoms with Crippen molar-refractivity contribution in [3.63, 3.8) is 0 Å². The molecule has 0 saturated carbocycles. The van der Waals surface area contributed by atoms with E-state index in [0.717, 1.165) is 63.8 Å². The van der Waals surface area contributed by atoms with Crippen molar-refractivity contribution >= 4 is 52.3 Å². The number of allylic oxidation sites excluding steroid dienone is 1. The van der Waals surface area contributed by atoms with Crippen LogP contribution in [0.4, 0.5) is 0 Å². The van der Waals surface area contributed by atoms with Gasteiger partial charge in [0.2, 0.25) is 17.7 Å². The molecule has 0 aliphatic carbocycles. The lowest BCUT2D eigenvalue weighted by atomic mass is 9.83. The number of ether oxygens (including phenoxy) is 2. The van der Waals surface area contributed by atoms with Crippen molar-refractivity contribution in [2.45, 2.75) is 136 Å². The minimum atomic E-state index is -1.17. The Kier molecular flexibility index (Phi) is 15.0. The van der Waals surface area contributed by atoms with Crippen molar-refractivity contribution < 1.29 is 38.6 Å². The molecule has 7 rings (SSSR count). The molecule has 362 valence electrons. The number of hydrazine groups is 1. The maximum atomic E-state index is 14.7. The molecule has 4 amide bonds. The predicted octanol–water partition coefficient (Wildman–Crippen LogP) is 4.98. The maximum absolute atomic E-state index is 14.7. The van der Waals surface area contributed by atoms with Gasteiger partial charge in [0.25, 0.3) is 5.91 Å². The van der Waals surface area contributed by atoms with Crippen LogP contribution >= 0.6 is 0 Å². The average Bonchev–Trinajstić information content (AvgIpc) is 4.04. The van der Waals surface area contributed by atoms with E-state index in [1.54, 1.807) is 26.3 Å². The molecule has 2 saturated heterocycles. The third kappa shape index (κ3) is 10.6. The number of carbonyl (C=O) groups excluding carboxylic acids is 5. The van der Waals surface area contributed by atoms with Crippen LogP contribution in [0, 0.1) is 11.3 Å². The first-order valence-electron chi connectivity index (χ1n) is 23.9. The highest BCUT2D eigenvalue weighted by Crippen LogP contribution is 2.42. The number of aromatic nitrogens is 1. The van der Waals surface area contributed by atoms with Gasteiger partial charge >= 0.3 is 5.97 Å². The molecule has 3 aromatic rings. The molecule has 0 spiro atoms. The lowest BCUT2D eigenvalue weighted by Crippen LogP contribution is -2.62. The number of benzene rings is 2. The molecule has 4 aliphatic rings. The fourth-order valence-electron chi connectivity index (χ4n) is 10.1. The molecular formula is C51H70N8O8. The molecule has 0 radical (unpaired) electrons. The summed E-state index contributed by atoms with van der Waals surface area (Å²) in [6.45, 7) is 14.8. The summed E-state index contributed by atoms with van der Waals surface area (Å²) >= 11 is 0. The predicted molar refractivity (Wildman–Crippen MR) is 258 cm³/mol. The fraction of sp³-hybridized carbons (Fsp3) is 0.569. The number of rotatable bonds is 12. The SMILES string of the molecule is CC[C@H]1N[C@H]1C(=O)N(C)CC(=O)N(C)[C@H](C(=O)N[C@H]1Cc2cc(O)cc(c2)-c2ccc3c(c2)c(c(C2=C([C@H](C)OC)N=CCC2)n3CC)CC(C)(C)COC(=O)[C@@H]2CCCN(N2)C1=O)C(C)C. The van der Waals surface area contributed by atoms with Gasteiger partial charge in [0.15, 0.2) is 0 Å². The van der Waals surface area contributed by atoms with Crippen molar-refractivity contribution in [2.75, 3.05) is 40.9 Å². The van der Waals surface area contributed by atoms with Gasteiger partial charge in [0, 0.05) is 74.9 Å². The first kappa shape index (κ1) is 49.3. The van der Waals surface area contributed by atoms with Crippen LogP contribution in [-0.2, 0) is 52.8 Å². The van der Waals surface area contributed by atoms with Gasteiger partial charge in [0.05, 0.1) is 30.6 Å². The molecule has 67 heavy (non-hydrogen) atoms. The number of hydrogen-bond donors (Lipinski definition) is 4. The Morgan fingerprint density at radius 2 is 1.84 bits per heavy atom. The first-order valence-corrected chi connectivity index (χ1v) is 23.9. The van der Waals surface area contributed by atoms with Crippen LogP contribution in [0.1, 0.15) is 97.4 Å². The number of likely N-dealkylation sites (N-methyl/N-ethyl adjacent to an activating group) is 2. The maximum Gasteiger partial charge on any atom is 0.324 e. The molecule has 1 aromatic heterocycles. The summed E-state index contributed by atoms with van der Waals surface area (Å²) in [7, 11) is 4.80. The van der Waals surface area contributed by atoms with Crippen molar-refractivity contribution in [1.29, 1.82) is 0 Å². The number of phenols is 1. The van der Waals surface area contributed by atoms with E-state index in [9.17, 15) is 29.1 Å². The zero-order chi connectivity index (χ0) is 48.5. The Bertz CT molecular complexity index is 2460. The van der Waals surface area contributed by atoms with Gasteiger partial charge in [-0.15, -0.1) is 0 Å². The number of nitrogens with zero attached hydrogens (tertiary/aromatic N) is 5. The van der Waals surface area contributed by atoms with E-state index in [1.165, 1.54) is 21.9 Å². The number of fused-ring (bicyclic) bond motifs is 6. The molecule has 2 fully saturated rings. The van der Waals surface area contributed by atoms with Gasteiger partial charge in [-0.25, -0.2) is 5.43 Å². The highest BCUT2D eigenvalue weighted by molar-refractivity contribution is 5.96. The number of esters is 1. The Hall–Kier alpha value is -5.58. The van der Waals surface area contributed by atoms with Crippen molar-refractivity contribution in [3.05, 3.63) is 58.9 Å². The normalized spacial score (nSPS) is 22.8. The number of cyclic esters (lactones) is 1. The van der Waals surface area contributed by atoms with E-state index >= 15 is 0 Å². The van der Waals surface area contributed by atoms with Crippen LogP contribution in [0.15, 0.2) is 47.1 Å². The largest absolute Gasteiger partial charge is 0.508 e. The van der Waals surface area contributed by atoms with Crippen molar-refractivity contribution in [1.82, 2.24) is 35.4 Å². The number of hydrogen-bond acceptors (Lipinski definition) is 11. The summed E-state index contributed by atoms with van der Waals surface area (Å²) in [6, 6.07) is 8.28. The lowest BCUT2D eigenvalue weighted by molar-refractivity contribution is -0.155. The smallest absolute Gasteiger partial charge is 0.324 e. The van der Waals surface area contributed by atoms with Crippen LogP contribution in [0.25, 0.3) is 27.6 Å². The van der Waals surface area contributed by atoms with Crippen LogP contribution in [0.3, 0.4) is 0 Å². The first-order chi connectivity index (χ1) is 31.9. The van der Waals surface area contributed by atoms with Gasteiger partial charge in [-0.2, -0.15) is 0 Å². The molecular weight excluding hydrogens is 853 g/mol. The third-order valence-electron chi connectivity index (χ3n) is 13.8. The van der Waals surface area contributed by atoms with Gasteiger partial charge in [0.1, 0.15) is 29.9 Å². The van der Waals surface area contributed by atoms with Gasteiger partial charge in [-0.3, -0.25) is 39.3 Å². The zero-order valence-electron chi connectivity index (χ0n) is 40.9. The number of nitrogens with one attached hydrogen (secondary N) is 3. The lowest BCUT2D eigenvalue weighted by Gasteiger charge is -2.37. The van der Waals surface area contributed by atoms with Crippen molar-refractivity contribution in [3.8, 4) is 16.9 Å². The van der Waals surface area contributed by atoms with E-state index in [1.807, 2.05) is 46.0 Å². The second kappa shape index (κ2) is 20.3. The van der Waals surface area contributed by atoms with Gasteiger partial charge in [-0.05, 0) is 105 Å². The van der Waals surface area contributed by atoms with E-state index in [4.69, 9.17) is 14.5 Å². The summed E-state index contributed by atoms with van der Waals surface area (Å²) < 4.78 is 14.3. The molecule has 4 aliphatic heterocycles. The highest BCUT2D eigenvalue weighted by Gasteiger charge is 2.43. The third-order valence-corrected chi connectivity index (χ3v) is 13.8. The zero-order valence-corrected chi connectivity index (χ0v) is 40.9. The number of carbonyl (C=O) groups is 5. The summed E-state index contributed by atoms with van der Waals surface area (Å²) in [5.74, 6) is -2.50. The molecule has 6 bridgehead atoms. The monoisotopic (exact) mass is 923 g/mol. The van der Waals surface area contributed by atoms with Crippen LogP contribution in [0.5, 0.6) is 5.75 Å². The standard InChI is InChI=1S/C51H70N8O8/c1-11-38-44(53-38)49(64)56(8)27-42(61)57(9)45(29(3)4)47(62)54-40-23-31-21-33(24-34(60)22-31)32-17-18-41-36(25-32)37(46(58(41)12-2)35-15-13-19-52-43(35)30(5)66-10)26-51(6,7)28-67-50(65)39-16-14-20-59(55-39)48(40)63/h17-19,21-22,24-25,29-30,38-40,44-45,53,55,60H,11-16,20,23,26-28H2,1-10H3,(H,54,62)/t30-,38+,39-,40-,44+,45-/m0/s1. The van der Waals surface area contributed by atoms with Crippen LogP contribution in [0.2, 0.25) is 0 Å². The number of amides is 4. The Balaban J connectivity index is 1.29. The number of aromatic hydroxyl groups is 1. The van der Waals surface area contributed by atoms with E-state index in [0.29, 0.717) is 31.4 Å². The fourth-order valence-corrected chi connectivity index (χ4v) is 10.1. The quantitative estimate of drug-likeness (QED) is 0.142. The van der Waals surface area contributed by atoms with E-state index < -0.39 is 47.2 Å². The average molecular weight is 923 g/mol. The molecule has 2 aromatic carbocycles. The van der Waals surface area contributed by atoms with Crippen LogP contribution in [-0.4, -0.2) is 138 Å². The number of aryl methyl sites for hydroxylation is 1. The molecule has 0 unspecified atom stereocenters. The number of phenolic OH excluding ortho intramolecular Hbond substituents is 1. The van der Waals surface area contributed by atoms with E-state index in [2.05, 4.69) is 53.5 Å². The Labute approximate surface area is 394 Å². The summed E-state index contributed by atoms with van der Waals surface area (Å²) in [6.07, 6.45) is 5.60. The minimum Gasteiger partial charge on any atom is -0.508 e. The number of aliphatic imine (C=N–C) groups is 1. The molecule has 16 nitrogen and oxygen atoms in total.